The van der Waals surface area contributed by atoms with Gasteiger partial charge in [-0.15, -0.1) is 10.2 Å². The van der Waals surface area contributed by atoms with E-state index in [1.54, 1.807) is 7.11 Å². The number of fused-ring (bicyclic) bond motifs is 1. The van der Waals surface area contributed by atoms with Gasteiger partial charge in [0.05, 0.1) is 12.9 Å². The molecule has 0 saturated carbocycles. The first kappa shape index (κ1) is 20.3. The Morgan fingerprint density at radius 2 is 1.97 bits per heavy atom. The van der Waals surface area contributed by atoms with Crippen molar-refractivity contribution in [3.8, 4) is 11.5 Å². The van der Waals surface area contributed by atoms with Crippen LogP contribution in [-0.2, 0) is 18.3 Å². The largest absolute Gasteiger partial charge is 0.497 e. The smallest absolute Gasteiger partial charge is 0.237 e. The lowest BCUT2D eigenvalue weighted by Gasteiger charge is -2.17. The van der Waals surface area contributed by atoms with Crippen molar-refractivity contribution in [2.45, 2.75) is 24.6 Å². The number of carbonyl (C=O) groups excluding carboxylic acids is 1. The van der Waals surface area contributed by atoms with Gasteiger partial charge in [0.15, 0.2) is 17.1 Å². The number of thioether (sulfide) groups is 1. The van der Waals surface area contributed by atoms with Crippen LogP contribution in [0.2, 0.25) is 0 Å². The minimum absolute atomic E-state index is 0.0789. The van der Waals surface area contributed by atoms with Crippen LogP contribution in [0.4, 0.5) is 5.69 Å². The van der Waals surface area contributed by atoms with E-state index in [0.29, 0.717) is 22.5 Å². The molecule has 0 spiro atoms. The van der Waals surface area contributed by atoms with E-state index in [0.717, 1.165) is 24.4 Å². The number of carbonyl (C=O) groups is 1. The molecule has 1 amide bonds. The summed E-state index contributed by atoms with van der Waals surface area (Å²) in [6.45, 7) is 2.65. The fraction of sp³-hybridized carbons (Fsp3) is 0.318. The molecule has 2 heterocycles. The van der Waals surface area contributed by atoms with Gasteiger partial charge in [0.1, 0.15) is 11.5 Å². The van der Waals surface area contributed by atoms with Crippen molar-refractivity contribution in [1.29, 1.82) is 0 Å². The number of hydrogen-bond donors (Lipinski definition) is 0. The monoisotopic (exact) mass is 424 g/mol. The van der Waals surface area contributed by atoms with E-state index < -0.39 is 0 Å². The fourth-order valence-corrected chi connectivity index (χ4v) is 4.33. The second-order valence-electron chi connectivity index (χ2n) is 7.05. The van der Waals surface area contributed by atoms with Crippen LogP contribution in [-0.4, -0.2) is 40.1 Å². The maximum Gasteiger partial charge on any atom is 0.237 e. The summed E-state index contributed by atoms with van der Waals surface area (Å²) in [5.74, 6) is 2.51. The summed E-state index contributed by atoms with van der Waals surface area (Å²) in [4.78, 5) is 14.6. The molecule has 4 rings (SSSR count). The lowest BCUT2D eigenvalue weighted by atomic mass is 10.2. The molecule has 156 valence electrons. The summed E-state index contributed by atoms with van der Waals surface area (Å²) in [6.07, 6.45) is 0.602. The van der Waals surface area contributed by atoms with Gasteiger partial charge < -0.3 is 18.9 Å². The molecule has 2 aromatic carbocycles. The van der Waals surface area contributed by atoms with Crippen LogP contribution in [0.5, 0.6) is 11.5 Å². The normalized spacial score (nSPS) is 13.8. The van der Waals surface area contributed by atoms with Gasteiger partial charge in [-0.25, -0.2) is 0 Å². The fourth-order valence-electron chi connectivity index (χ4n) is 3.54. The summed E-state index contributed by atoms with van der Waals surface area (Å²) in [6, 6.07) is 15.5. The van der Waals surface area contributed by atoms with E-state index in [2.05, 4.69) is 16.3 Å². The SMILES string of the molecule is COc1cccc(OC(C)c2nnc(SCC(=O)N3CCc4ccccc43)n2C)c1. The highest BCUT2D eigenvalue weighted by molar-refractivity contribution is 7.99. The summed E-state index contributed by atoms with van der Waals surface area (Å²) in [7, 11) is 3.51. The Morgan fingerprint density at radius 1 is 1.17 bits per heavy atom. The number of nitrogens with zero attached hydrogens (tertiary/aromatic N) is 4. The predicted octanol–water partition coefficient (Wildman–Crippen LogP) is 3.65. The standard InChI is InChI=1S/C22H24N4O3S/c1-15(29-18-9-6-8-17(13-18)28-3)21-23-24-22(25(21)2)30-14-20(27)26-12-11-16-7-4-5-10-19(16)26/h4-10,13,15H,11-12,14H2,1-3H3. The Labute approximate surface area is 180 Å². The van der Waals surface area contributed by atoms with Crippen molar-refractivity contribution in [3.05, 3.63) is 59.9 Å². The molecule has 0 saturated heterocycles. The van der Waals surface area contributed by atoms with Crippen LogP contribution < -0.4 is 14.4 Å². The zero-order valence-electron chi connectivity index (χ0n) is 17.2. The molecular weight excluding hydrogens is 400 g/mol. The first-order chi connectivity index (χ1) is 14.6. The van der Waals surface area contributed by atoms with Crippen molar-refractivity contribution in [1.82, 2.24) is 14.8 Å². The lowest BCUT2D eigenvalue weighted by molar-refractivity contribution is -0.116. The topological polar surface area (TPSA) is 69.5 Å². The highest BCUT2D eigenvalue weighted by atomic mass is 32.2. The summed E-state index contributed by atoms with van der Waals surface area (Å²) in [5.41, 5.74) is 2.24. The second-order valence-corrected chi connectivity index (χ2v) is 7.99. The van der Waals surface area contributed by atoms with Gasteiger partial charge in [0, 0.05) is 25.3 Å². The van der Waals surface area contributed by atoms with Crippen LogP contribution in [0.3, 0.4) is 0 Å². The van der Waals surface area contributed by atoms with Gasteiger partial charge in [-0.05, 0) is 37.1 Å². The van der Waals surface area contributed by atoms with E-state index in [1.807, 2.05) is 65.9 Å². The van der Waals surface area contributed by atoms with Gasteiger partial charge in [-0.2, -0.15) is 0 Å². The number of benzene rings is 2. The molecule has 1 aliphatic heterocycles. The Balaban J connectivity index is 1.39. The third-order valence-electron chi connectivity index (χ3n) is 5.10. The molecule has 30 heavy (non-hydrogen) atoms. The lowest BCUT2D eigenvalue weighted by Crippen LogP contribution is -2.30. The molecule has 1 atom stereocenters. The zero-order valence-corrected chi connectivity index (χ0v) is 18.1. The number of anilines is 1. The van der Waals surface area contributed by atoms with Crippen LogP contribution in [0, 0.1) is 0 Å². The van der Waals surface area contributed by atoms with Crippen LogP contribution in [0.1, 0.15) is 24.4 Å². The summed E-state index contributed by atoms with van der Waals surface area (Å²) >= 11 is 1.39. The molecule has 0 radical (unpaired) electrons. The average molecular weight is 425 g/mol. The molecule has 3 aromatic rings. The van der Waals surface area contributed by atoms with Gasteiger partial charge in [-0.1, -0.05) is 36.0 Å². The van der Waals surface area contributed by atoms with Crippen LogP contribution in [0.15, 0.2) is 53.7 Å². The Hall–Kier alpha value is -3.00. The molecule has 1 aromatic heterocycles. The highest BCUT2D eigenvalue weighted by Gasteiger charge is 2.25. The minimum atomic E-state index is -0.301. The molecule has 0 aliphatic carbocycles. The minimum Gasteiger partial charge on any atom is -0.497 e. The van der Waals surface area contributed by atoms with Crippen molar-refractivity contribution in [2.24, 2.45) is 7.05 Å². The van der Waals surface area contributed by atoms with Crippen molar-refractivity contribution in [3.63, 3.8) is 0 Å². The first-order valence-electron chi connectivity index (χ1n) is 9.78. The third-order valence-corrected chi connectivity index (χ3v) is 6.10. The predicted molar refractivity (Wildman–Crippen MR) is 116 cm³/mol. The second kappa shape index (κ2) is 8.79. The number of hydrogen-bond acceptors (Lipinski definition) is 6. The number of para-hydroxylation sites is 1. The Bertz CT molecular complexity index is 1050. The molecule has 1 aliphatic rings. The van der Waals surface area contributed by atoms with Crippen molar-refractivity contribution >= 4 is 23.4 Å². The number of aromatic nitrogens is 3. The maximum absolute atomic E-state index is 12.7. The molecule has 0 N–H and O–H groups in total. The summed E-state index contributed by atoms with van der Waals surface area (Å²) in [5, 5.41) is 9.22. The van der Waals surface area contributed by atoms with E-state index in [4.69, 9.17) is 9.47 Å². The maximum atomic E-state index is 12.7. The van der Waals surface area contributed by atoms with E-state index in [9.17, 15) is 4.79 Å². The Kier molecular flexibility index (Phi) is 5.94. The first-order valence-corrected chi connectivity index (χ1v) is 10.8. The molecule has 8 heteroatoms. The van der Waals surface area contributed by atoms with Crippen molar-refractivity contribution in [2.75, 3.05) is 24.3 Å². The van der Waals surface area contributed by atoms with Gasteiger partial charge in [0.25, 0.3) is 0 Å². The molecule has 0 fully saturated rings. The third kappa shape index (κ3) is 4.14. The Morgan fingerprint density at radius 3 is 2.80 bits per heavy atom. The molecule has 7 nitrogen and oxygen atoms in total. The number of amides is 1. The molecular formula is C22H24N4O3S. The van der Waals surface area contributed by atoms with Crippen LogP contribution in [0.25, 0.3) is 0 Å². The van der Waals surface area contributed by atoms with E-state index in [-0.39, 0.29) is 12.0 Å². The molecule has 1 unspecified atom stereocenters. The summed E-state index contributed by atoms with van der Waals surface area (Å²) < 4.78 is 13.1. The van der Waals surface area contributed by atoms with E-state index in [1.165, 1.54) is 17.3 Å². The molecule has 0 bridgehead atoms. The number of methoxy groups -OCH3 is 1. The van der Waals surface area contributed by atoms with Crippen LogP contribution >= 0.6 is 11.8 Å². The van der Waals surface area contributed by atoms with Crippen molar-refractivity contribution < 1.29 is 14.3 Å². The average Bonchev–Trinajstić information content (AvgIpc) is 3.36. The van der Waals surface area contributed by atoms with Gasteiger partial charge in [0.2, 0.25) is 5.91 Å². The van der Waals surface area contributed by atoms with Gasteiger partial charge in [-0.3, -0.25) is 4.79 Å². The quantitative estimate of drug-likeness (QED) is 0.540. The zero-order chi connectivity index (χ0) is 21.1. The number of ether oxygens (including phenoxy) is 2. The number of rotatable bonds is 7. The van der Waals surface area contributed by atoms with Gasteiger partial charge >= 0.3 is 0 Å². The highest BCUT2D eigenvalue weighted by Crippen LogP contribution is 2.29. The van der Waals surface area contributed by atoms with E-state index >= 15 is 0 Å².